The van der Waals surface area contributed by atoms with Gasteiger partial charge in [0.1, 0.15) is 0 Å². The molecule has 168 valence electrons. The van der Waals surface area contributed by atoms with Crippen molar-refractivity contribution in [1.29, 1.82) is 0 Å². The van der Waals surface area contributed by atoms with Crippen LogP contribution in [0, 0.1) is 0 Å². The van der Waals surface area contributed by atoms with Crippen molar-refractivity contribution in [2.75, 3.05) is 0 Å². The van der Waals surface area contributed by atoms with Crippen molar-refractivity contribution in [2.45, 2.75) is 12.8 Å². The van der Waals surface area contributed by atoms with Gasteiger partial charge in [-0.2, -0.15) is 0 Å². The fourth-order valence-corrected chi connectivity index (χ4v) is 9.42. The van der Waals surface area contributed by atoms with Crippen molar-refractivity contribution < 1.29 is 48.0 Å². The minimum absolute atomic E-state index is 0. The maximum atomic E-state index is 3.71. The van der Waals surface area contributed by atoms with Crippen LogP contribution in [0.5, 0.6) is 0 Å². The van der Waals surface area contributed by atoms with Gasteiger partial charge >= 0.3 is 204 Å². The van der Waals surface area contributed by atoms with Gasteiger partial charge in [0.05, 0.1) is 0 Å². The van der Waals surface area contributed by atoms with Gasteiger partial charge in [-0.15, -0.1) is 0 Å². The average Bonchev–Trinajstić information content (AvgIpc) is 3.58. The predicted molar refractivity (Wildman–Crippen MR) is 132 cm³/mol. The van der Waals surface area contributed by atoms with E-state index in [-0.39, 0.29) is 24.8 Å². The number of nitrogens with one attached hydrogen (secondary N) is 2. The number of benzene rings is 4. The quantitative estimate of drug-likeness (QED) is 0.290. The molecule has 0 spiro atoms. The van der Waals surface area contributed by atoms with Crippen LogP contribution in [0.15, 0.2) is 84.9 Å². The zero-order valence-corrected chi connectivity index (χ0v) is 22.7. The van der Waals surface area contributed by atoms with Crippen molar-refractivity contribution in [3.63, 3.8) is 0 Å². The molecule has 2 nitrogen and oxygen atoms in total. The number of halogens is 2. The molecule has 0 fully saturated rings. The molecular weight excluding hydrogens is 550 g/mol. The third kappa shape index (κ3) is 3.25. The van der Waals surface area contributed by atoms with Gasteiger partial charge in [0, 0.05) is 0 Å². The molecule has 0 aliphatic heterocycles. The Morgan fingerprint density at radius 3 is 1.43 bits per heavy atom. The Balaban J connectivity index is 0.00000114. The molecule has 0 radical (unpaired) electrons. The van der Waals surface area contributed by atoms with Gasteiger partial charge in [-0.05, 0) is 0 Å². The first-order valence-corrected chi connectivity index (χ1v) is 14.0. The van der Waals surface area contributed by atoms with Gasteiger partial charge in [0.15, 0.2) is 0 Å². The van der Waals surface area contributed by atoms with E-state index < -0.39 is 23.2 Å². The van der Waals surface area contributed by atoms with Gasteiger partial charge in [0.2, 0.25) is 0 Å². The van der Waals surface area contributed by atoms with Crippen molar-refractivity contribution in [2.24, 2.45) is 0 Å². The monoisotopic (exact) mass is 568 g/mol. The molecule has 0 amide bonds. The normalized spacial score (nSPS) is 12.3. The number of hydrogen-bond donors (Lipinski definition) is 2. The fraction of sp³-hybridized carbons (Fsp3) is 0.0667. The summed E-state index contributed by atoms with van der Waals surface area (Å²) in [4.78, 5) is 7.41. The summed E-state index contributed by atoms with van der Waals surface area (Å²) in [6.45, 7) is 0. The molecule has 0 saturated carbocycles. The molecule has 0 unspecified atom stereocenters. The van der Waals surface area contributed by atoms with Gasteiger partial charge in [-0.3, -0.25) is 0 Å². The molecule has 6 aromatic rings. The molecular formula is C30H20Cl2N2Zr. The third-order valence-electron chi connectivity index (χ3n) is 7.49. The molecule has 5 heteroatoms. The molecule has 2 aromatic heterocycles. The molecule has 2 N–H and O–H groups in total. The standard InChI is InChI=1S/2C15H10N.2ClH.Zr/c2*1-2-6-11-10(5-1)9-13-12-7-3-4-8-14(12)16-15(11)13;;;/h2*1-4,6-8,16H,9H2;2*1H;/q;;;;+2/p-2. The van der Waals surface area contributed by atoms with Crippen molar-refractivity contribution in [1.82, 2.24) is 9.97 Å². The average molecular weight is 571 g/mol. The van der Waals surface area contributed by atoms with Crippen LogP contribution in [0.2, 0.25) is 0 Å². The Morgan fingerprint density at radius 2 is 0.943 bits per heavy atom. The van der Waals surface area contributed by atoms with E-state index in [1.807, 2.05) is 0 Å². The van der Waals surface area contributed by atoms with E-state index >= 15 is 0 Å². The number of H-pyrrole nitrogens is 2. The molecule has 8 rings (SSSR count). The number of hydrogen-bond acceptors (Lipinski definition) is 0. The van der Waals surface area contributed by atoms with E-state index in [0.717, 1.165) is 12.8 Å². The van der Waals surface area contributed by atoms with Crippen molar-refractivity contribution in [3.05, 3.63) is 107 Å². The van der Waals surface area contributed by atoms with Gasteiger partial charge in [0.25, 0.3) is 0 Å². The SMILES string of the molecule is [Cl-].[Cl-].c1c[c]([Zr+2][c]2cccc3c2Cc2c-3[nH]c3ccccc23)c2c(c1)-c1[nH]c3ccccc3c1C2. The Bertz CT molecular complexity index is 1630. The second kappa shape index (κ2) is 8.52. The second-order valence-electron chi connectivity index (χ2n) is 9.19. The van der Waals surface area contributed by atoms with E-state index in [9.17, 15) is 0 Å². The molecule has 35 heavy (non-hydrogen) atoms. The summed E-state index contributed by atoms with van der Waals surface area (Å²) in [5.74, 6) is 0. The summed E-state index contributed by atoms with van der Waals surface area (Å²) >= 11 is -0.948. The third-order valence-corrected chi connectivity index (χ3v) is 11.1. The first kappa shape index (κ1) is 22.9. The van der Waals surface area contributed by atoms with E-state index in [1.54, 1.807) is 17.7 Å². The minimum atomic E-state index is -0.948. The number of aromatic amines is 2. The molecule has 2 aliphatic carbocycles. The number of aromatic nitrogens is 2. The zero-order valence-electron chi connectivity index (χ0n) is 18.8. The van der Waals surface area contributed by atoms with E-state index in [1.165, 1.54) is 55.4 Å². The van der Waals surface area contributed by atoms with Crippen molar-refractivity contribution in [3.8, 4) is 22.5 Å². The van der Waals surface area contributed by atoms with E-state index in [0.29, 0.717) is 0 Å². The van der Waals surface area contributed by atoms with Crippen LogP contribution in [0.4, 0.5) is 0 Å². The van der Waals surface area contributed by atoms with E-state index in [2.05, 4.69) is 94.9 Å². The molecule has 2 heterocycles. The predicted octanol–water partition coefficient (Wildman–Crippen LogP) is -0.167. The molecule has 0 atom stereocenters. The second-order valence-corrected chi connectivity index (χ2v) is 12.5. The fourth-order valence-electron chi connectivity index (χ4n) is 5.98. The van der Waals surface area contributed by atoms with Crippen LogP contribution in [0.1, 0.15) is 22.3 Å². The van der Waals surface area contributed by atoms with Crippen LogP contribution < -0.4 is 31.4 Å². The first-order valence-electron chi connectivity index (χ1n) is 11.6. The van der Waals surface area contributed by atoms with E-state index in [4.69, 9.17) is 0 Å². The van der Waals surface area contributed by atoms with Crippen LogP contribution in [0.25, 0.3) is 44.3 Å². The molecule has 2 aliphatic rings. The molecule has 0 saturated heterocycles. The zero-order chi connectivity index (χ0) is 21.5. The topological polar surface area (TPSA) is 31.6 Å². The summed E-state index contributed by atoms with van der Waals surface area (Å²) in [6, 6.07) is 31.4. The van der Waals surface area contributed by atoms with Crippen LogP contribution in [-0.4, -0.2) is 9.97 Å². The Morgan fingerprint density at radius 1 is 0.486 bits per heavy atom. The molecule has 0 bridgehead atoms. The van der Waals surface area contributed by atoms with Crippen LogP contribution in [0.3, 0.4) is 0 Å². The van der Waals surface area contributed by atoms with Crippen LogP contribution in [-0.2, 0) is 36.1 Å². The first-order chi connectivity index (χ1) is 16.3. The number of fused-ring (bicyclic) bond motifs is 10. The summed E-state index contributed by atoms with van der Waals surface area (Å²) in [6.07, 6.45) is 2.12. The summed E-state index contributed by atoms with van der Waals surface area (Å²) in [5.41, 5.74) is 14.1. The number of rotatable bonds is 2. The number of para-hydroxylation sites is 2. The van der Waals surface area contributed by atoms with Gasteiger partial charge < -0.3 is 24.8 Å². The Kier molecular flexibility index (Phi) is 5.57. The van der Waals surface area contributed by atoms with Gasteiger partial charge in [-0.1, -0.05) is 0 Å². The van der Waals surface area contributed by atoms with Crippen molar-refractivity contribution >= 4 is 28.3 Å². The summed E-state index contributed by atoms with van der Waals surface area (Å²) in [7, 11) is 0. The van der Waals surface area contributed by atoms with Crippen LogP contribution >= 0.6 is 0 Å². The van der Waals surface area contributed by atoms with Gasteiger partial charge in [-0.25, -0.2) is 0 Å². The summed E-state index contributed by atoms with van der Waals surface area (Å²) in [5, 5.41) is 2.76. The summed E-state index contributed by atoms with van der Waals surface area (Å²) < 4.78 is 3.25. The Hall–Kier alpha value is -2.58. The maximum absolute atomic E-state index is 3.71. The Labute approximate surface area is 227 Å². The molecule has 4 aromatic carbocycles.